The van der Waals surface area contributed by atoms with E-state index in [2.05, 4.69) is 19.2 Å². The number of rotatable bonds is 5. The molecule has 184 valence electrons. The molecule has 1 saturated carbocycles. The Morgan fingerprint density at radius 3 is 2.36 bits per heavy atom. The molecule has 1 aromatic rings. The van der Waals surface area contributed by atoms with Crippen molar-refractivity contribution in [2.75, 3.05) is 44.3 Å². The highest BCUT2D eigenvalue weighted by atomic mass is 19.4. The van der Waals surface area contributed by atoms with Gasteiger partial charge in [-0.25, -0.2) is 0 Å². The molecule has 1 aliphatic carbocycles. The average Bonchev–Trinajstić information content (AvgIpc) is 3.24. The number of hydrogen-bond acceptors (Lipinski definition) is 4. The second kappa shape index (κ2) is 9.82. The van der Waals surface area contributed by atoms with Gasteiger partial charge in [-0.2, -0.15) is 13.2 Å². The van der Waals surface area contributed by atoms with Gasteiger partial charge >= 0.3 is 6.18 Å². The summed E-state index contributed by atoms with van der Waals surface area (Å²) in [5, 5.41) is 3.77. The highest BCUT2D eigenvalue weighted by Gasteiger charge is 2.50. The van der Waals surface area contributed by atoms with Gasteiger partial charge in [-0.1, -0.05) is 26.0 Å². The highest BCUT2D eigenvalue weighted by Crippen LogP contribution is 2.46. The Morgan fingerprint density at radius 2 is 1.73 bits per heavy atom. The van der Waals surface area contributed by atoms with Gasteiger partial charge in [0.15, 0.2) is 0 Å². The molecule has 1 unspecified atom stereocenters. The number of para-hydroxylation sites is 1. The SMILES string of the molecule is CC(C)[C@]1(C(=O)N2CCN(c3ccccc3C(F)(F)F)CC2)CCC(NC2CCOCC2)C1. The average molecular weight is 468 g/mol. The molecule has 33 heavy (non-hydrogen) atoms. The minimum absolute atomic E-state index is 0.178. The van der Waals surface area contributed by atoms with E-state index >= 15 is 0 Å². The van der Waals surface area contributed by atoms with E-state index in [4.69, 9.17) is 4.74 Å². The zero-order chi connectivity index (χ0) is 23.6. The molecular weight excluding hydrogens is 431 g/mol. The lowest BCUT2D eigenvalue weighted by molar-refractivity contribution is -0.145. The fourth-order valence-corrected chi connectivity index (χ4v) is 5.84. The third kappa shape index (κ3) is 5.16. The van der Waals surface area contributed by atoms with Gasteiger partial charge in [0, 0.05) is 57.2 Å². The summed E-state index contributed by atoms with van der Waals surface area (Å²) < 4.78 is 45.8. The van der Waals surface area contributed by atoms with Crippen molar-refractivity contribution in [1.82, 2.24) is 10.2 Å². The third-order valence-corrected chi connectivity index (χ3v) is 7.89. The zero-order valence-electron chi connectivity index (χ0n) is 19.7. The summed E-state index contributed by atoms with van der Waals surface area (Å²) in [5.74, 6) is 0.396. The van der Waals surface area contributed by atoms with Crippen LogP contribution in [0.25, 0.3) is 0 Å². The molecule has 3 fully saturated rings. The molecule has 1 aromatic carbocycles. The normalized spacial score (nSPS) is 27.4. The standard InChI is InChI=1S/C25H36F3N3O2/c1-18(2)24(10-7-20(17-24)29-19-8-15-33-16-9-19)23(32)31-13-11-30(12-14-31)22-6-4-3-5-21(22)25(26,27)28/h3-6,18-20,29H,7-17H2,1-2H3/t20?,24-/m0/s1. The predicted molar refractivity (Wildman–Crippen MR) is 122 cm³/mol. The Labute approximate surface area is 194 Å². The zero-order valence-corrected chi connectivity index (χ0v) is 19.7. The van der Waals surface area contributed by atoms with Crippen LogP contribution in [-0.2, 0) is 15.7 Å². The van der Waals surface area contributed by atoms with Crippen molar-refractivity contribution in [3.8, 4) is 0 Å². The van der Waals surface area contributed by atoms with Crippen molar-refractivity contribution in [2.45, 2.75) is 64.2 Å². The van der Waals surface area contributed by atoms with Crippen LogP contribution in [-0.4, -0.2) is 62.3 Å². The van der Waals surface area contributed by atoms with E-state index in [1.54, 1.807) is 11.0 Å². The third-order valence-electron chi connectivity index (χ3n) is 7.89. The summed E-state index contributed by atoms with van der Waals surface area (Å²) in [6.07, 6.45) is 0.322. The number of carbonyl (C=O) groups is 1. The molecule has 2 aliphatic heterocycles. The first-order chi connectivity index (χ1) is 15.7. The number of piperazine rings is 1. The van der Waals surface area contributed by atoms with Gasteiger partial charge in [0.2, 0.25) is 5.91 Å². The first kappa shape index (κ1) is 24.3. The van der Waals surface area contributed by atoms with Crippen molar-refractivity contribution in [3.63, 3.8) is 0 Å². The second-order valence-corrected chi connectivity index (χ2v) is 10.1. The molecule has 2 heterocycles. The fourth-order valence-electron chi connectivity index (χ4n) is 5.84. The molecule has 4 rings (SSSR count). The summed E-state index contributed by atoms with van der Waals surface area (Å²) in [4.78, 5) is 17.4. The first-order valence-corrected chi connectivity index (χ1v) is 12.2. The number of amides is 1. The smallest absolute Gasteiger partial charge is 0.381 e. The monoisotopic (exact) mass is 467 g/mol. The lowest BCUT2D eigenvalue weighted by Crippen LogP contribution is -2.54. The molecule has 2 saturated heterocycles. The summed E-state index contributed by atoms with van der Waals surface area (Å²) in [7, 11) is 0. The summed E-state index contributed by atoms with van der Waals surface area (Å²) in [5.41, 5.74) is -0.798. The highest BCUT2D eigenvalue weighted by molar-refractivity contribution is 5.84. The van der Waals surface area contributed by atoms with Crippen LogP contribution in [0.2, 0.25) is 0 Å². The maximum Gasteiger partial charge on any atom is 0.418 e. The molecule has 1 N–H and O–H groups in total. The number of ether oxygens (including phenoxy) is 1. The number of carbonyl (C=O) groups excluding carboxylic acids is 1. The van der Waals surface area contributed by atoms with Gasteiger partial charge in [-0.05, 0) is 50.2 Å². The van der Waals surface area contributed by atoms with Crippen LogP contribution in [0.3, 0.4) is 0 Å². The minimum Gasteiger partial charge on any atom is -0.381 e. The van der Waals surface area contributed by atoms with Crippen LogP contribution in [0.1, 0.15) is 51.5 Å². The van der Waals surface area contributed by atoms with Crippen LogP contribution in [0.4, 0.5) is 18.9 Å². The lowest BCUT2D eigenvalue weighted by Gasteiger charge is -2.42. The number of halogens is 3. The Hall–Kier alpha value is -1.80. The van der Waals surface area contributed by atoms with E-state index in [9.17, 15) is 18.0 Å². The maximum atomic E-state index is 13.8. The van der Waals surface area contributed by atoms with Crippen molar-refractivity contribution >= 4 is 11.6 Å². The molecule has 0 spiro atoms. The molecule has 0 bridgehead atoms. The van der Waals surface area contributed by atoms with Crippen LogP contribution >= 0.6 is 0 Å². The van der Waals surface area contributed by atoms with Gasteiger partial charge < -0.3 is 19.9 Å². The van der Waals surface area contributed by atoms with Crippen molar-refractivity contribution in [2.24, 2.45) is 11.3 Å². The van der Waals surface area contributed by atoms with Gasteiger partial charge in [-0.15, -0.1) is 0 Å². The molecule has 1 amide bonds. The van der Waals surface area contributed by atoms with Gasteiger partial charge in [0.05, 0.1) is 11.0 Å². The molecule has 3 aliphatic rings. The number of anilines is 1. The van der Waals surface area contributed by atoms with Gasteiger partial charge in [0.1, 0.15) is 0 Å². The largest absolute Gasteiger partial charge is 0.418 e. The lowest BCUT2D eigenvalue weighted by atomic mass is 9.74. The summed E-state index contributed by atoms with van der Waals surface area (Å²) >= 11 is 0. The molecule has 0 radical (unpaired) electrons. The van der Waals surface area contributed by atoms with Crippen LogP contribution < -0.4 is 10.2 Å². The van der Waals surface area contributed by atoms with E-state index in [1.165, 1.54) is 12.1 Å². The van der Waals surface area contributed by atoms with Crippen LogP contribution in [0.5, 0.6) is 0 Å². The quantitative estimate of drug-likeness (QED) is 0.701. The molecule has 2 atom stereocenters. The summed E-state index contributed by atoms with van der Waals surface area (Å²) in [6, 6.07) is 6.51. The van der Waals surface area contributed by atoms with E-state index in [-0.39, 0.29) is 17.5 Å². The van der Waals surface area contributed by atoms with Crippen LogP contribution in [0.15, 0.2) is 24.3 Å². The van der Waals surface area contributed by atoms with E-state index < -0.39 is 17.2 Å². The number of hydrogen-bond donors (Lipinski definition) is 1. The van der Waals surface area contributed by atoms with E-state index in [0.29, 0.717) is 38.3 Å². The summed E-state index contributed by atoms with van der Waals surface area (Å²) in [6.45, 7) is 7.58. The van der Waals surface area contributed by atoms with Crippen molar-refractivity contribution < 1.29 is 22.7 Å². The molecule has 0 aromatic heterocycles. The topological polar surface area (TPSA) is 44.8 Å². The van der Waals surface area contributed by atoms with Gasteiger partial charge in [-0.3, -0.25) is 4.79 Å². The Kier molecular flexibility index (Phi) is 7.24. The van der Waals surface area contributed by atoms with Crippen molar-refractivity contribution in [1.29, 1.82) is 0 Å². The minimum atomic E-state index is -4.39. The maximum absolute atomic E-state index is 13.8. The Morgan fingerprint density at radius 1 is 1.06 bits per heavy atom. The Bertz CT molecular complexity index is 817. The van der Waals surface area contributed by atoms with Crippen molar-refractivity contribution in [3.05, 3.63) is 29.8 Å². The first-order valence-electron chi connectivity index (χ1n) is 12.2. The number of nitrogens with one attached hydrogen (secondary N) is 1. The van der Waals surface area contributed by atoms with Gasteiger partial charge in [0.25, 0.3) is 0 Å². The second-order valence-electron chi connectivity index (χ2n) is 10.1. The number of nitrogens with zero attached hydrogens (tertiary/aromatic N) is 2. The Balaban J connectivity index is 1.40. The van der Waals surface area contributed by atoms with E-state index in [0.717, 1.165) is 51.4 Å². The number of alkyl halides is 3. The predicted octanol–water partition coefficient (Wildman–Crippen LogP) is 4.32. The molecule has 5 nitrogen and oxygen atoms in total. The fraction of sp³-hybridized carbons (Fsp3) is 0.720. The number of benzene rings is 1. The van der Waals surface area contributed by atoms with Crippen LogP contribution in [0, 0.1) is 11.3 Å². The van der Waals surface area contributed by atoms with E-state index in [1.807, 2.05) is 4.90 Å². The molecule has 8 heteroatoms. The molecular formula is C25H36F3N3O2.